The van der Waals surface area contributed by atoms with Gasteiger partial charge in [-0.25, -0.2) is 4.98 Å². The predicted octanol–water partition coefficient (Wildman–Crippen LogP) is 3.96. The Bertz CT molecular complexity index is 1030. The molecule has 0 radical (unpaired) electrons. The molecule has 0 spiro atoms. The van der Waals surface area contributed by atoms with Crippen LogP contribution in [0.2, 0.25) is 0 Å². The Morgan fingerprint density at radius 2 is 2.00 bits per heavy atom. The van der Waals surface area contributed by atoms with E-state index in [2.05, 4.69) is 34.3 Å². The first kappa shape index (κ1) is 24.2. The van der Waals surface area contributed by atoms with Gasteiger partial charge in [-0.2, -0.15) is 0 Å². The summed E-state index contributed by atoms with van der Waals surface area (Å²) >= 11 is 0. The molecule has 2 aliphatic heterocycles. The number of anilines is 1. The first-order valence-corrected chi connectivity index (χ1v) is 12.1. The number of rotatable bonds is 4. The van der Waals surface area contributed by atoms with Crippen LogP contribution in [0.25, 0.3) is 0 Å². The smallest absolute Gasteiger partial charge is 0.251 e. The van der Waals surface area contributed by atoms with Gasteiger partial charge in [-0.3, -0.25) is 4.79 Å². The maximum absolute atomic E-state index is 13.5. The average Bonchev–Trinajstić information content (AvgIpc) is 2.87. The number of nitrogens with zero attached hydrogens (tertiary/aromatic N) is 2. The molecule has 1 aromatic carbocycles. The van der Waals surface area contributed by atoms with E-state index in [0.717, 1.165) is 60.7 Å². The van der Waals surface area contributed by atoms with Crippen molar-refractivity contribution in [2.45, 2.75) is 52.3 Å². The molecule has 0 saturated carbocycles. The van der Waals surface area contributed by atoms with Gasteiger partial charge < -0.3 is 24.4 Å². The molecule has 3 heterocycles. The van der Waals surface area contributed by atoms with Crippen LogP contribution in [-0.2, 0) is 29.0 Å². The van der Waals surface area contributed by atoms with Crippen molar-refractivity contribution >= 4 is 11.6 Å². The SMILES string of the molecule is CCN(c1cccc2c1C/C=C/COCc1cc(C)nc(OC)c1CNC2=O)C1CCOCC1. The minimum Gasteiger partial charge on any atom is -0.481 e. The molecule has 1 fully saturated rings. The van der Waals surface area contributed by atoms with Crippen molar-refractivity contribution in [2.24, 2.45) is 0 Å². The zero-order valence-corrected chi connectivity index (χ0v) is 20.4. The largest absolute Gasteiger partial charge is 0.481 e. The highest BCUT2D eigenvalue weighted by molar-refractivity contribution is 5.97. The Kier molecular flexibility index (Phi) is 8.19. The second-order valence-electron chi connectivity index (χ2n) is 8.72. The van der Waals surface area contributed by atoms with Crippen LogP contribution in [0.5, 0.6) is 5.88 Å². The fraction of sp³-hybridized carbons (Fsp3) is 0.481. The van der Waals surface area contributed by atoms with Crippen molar-refractivity contribution in [3.8, 4) is 5.88 Å². The maximum Gasteiger partial charge on any atom is 0.251 e. The number of carbonyl (C=O) groups is 1. The lowest BCUT2D eigenvalue weighted by Gasteiger charge is -2.37. The number of aromatic nitrogens is 1. The third-order valence-electron chi connectivity index (χ3n) is 6.56. The number of aryl methyl sites for hydroxylation is 1. The fourth-order valence-electron chi connectivity index (χ4n) is 4.89. The lowest BCUT2D eigenvalue weighted by molar-refractivity contribution is 0.0845. The second-order valence-corrected chi connectivity index (χ2v) is 8.72. The van der Waals surface area contributed by atoms with E-state index in [1.54, 1.807) is 7.11 Å². The number of amides is 1. The molecular formula is C27H35N3O4. The van der Waals surface area contributed by atoms with Crippen molar-refractivity contribution in [1.82, 2.24) is 10.3 Å². The number of nitrogens with one attached hydrogen (secondary N) is 1. The molecule has 1 saturated heterocycles. The molecule has 182 valence electrons. The summed E-state index contributed by atoms with van der Waals surface area (Å²) in [7, 11) is 1.60. The highest BCUT2D eigenvalue weighted by Gasteiger charge is 2.25. The van der Waals surface area contributed by atoms with Crippen molar-refractivity contribution in [1.29, 1.82) is 0 Å². The van der Waals surface area contributed by atoms with Gasteiger partial charge in [-0.15, -0.1) is 0 Å². The van der Waals surface area contributed by atoms with Gasteiger partial charge in [0.25, 0.3) is 5.91 Å². The van der Waals surface area contributed by atoms with E-state index >= 15 is 0 Å². The summed E-state index contributed by atoms with van der Waals surface area (Å²) in [6, 6.07) is 8.45. The van der Waals surface area contributed by atoms with Crippen molar-refractivity contribution in [2.75, 3.05) is 38.4 Å². The number of ether oxygens (including phenoxy) is 3. The van der Waals surface area contributed by atoms with Gasteiger partial charge in [-0.1, -0.05) is 18.2 Å². The van der Waals surface area contributed by atoms with Gasteiger partial charge in [0.1, 0.15) is 0 Å². The number of fused-ring (bicyclic) bond motifs is 2. The van der Waals surface area contributed by atoms with Crippen LogP contribution >= 0.6 is 0 Å². The molecular weight excluding hydrogens is 430 g/mol. The van der Waals surface area contributed by atoms with Gasteiger partial charge in [0, 0.05) is 54.9 Å². The molecule has 0 aliphatic carbocycles. The molecule has 7 heteroatoms. The second kappa shape index (κ2) is 11.5. The van der Waals surface area contributed by atoms with E-state index in [1.807, 2.05) is 31.2 Å². The molecule has 0 unspecified atom stereocenters. The Balaban J connectivity index is 1.70. The van der Waals surface area contributed by atoms with Crippen LogP contribution in [0.1, 0.15) is 52.5 Å². The van der Waals surface area contributed by atoms with Crippen LogP contribution in [0.4, 0.5) is 5.69 Å². The van der Waals surface area contributed by atoms with E-state index in [4.69, 9.17) is 14.2 Å². The van der Waals surface area contributed by atoms with Gasteiger partial charge >= 0.3 is 0 Å². The maximum atomic E-state index is 13.5. The summed E-state index contributed by atoms with van der Waals surface area (Å²) in [6.45, 7) is 7.80. The first-order chi connectivity index (χ1) is 16.6. The topological polar surface area (TPSA) is 72.9 Å². The summed E-state index contributed by atoms with van der Waals surface area (Å²) in [5, 5.41) is 3.11. The summed E-state index contributed by atoms with van der Waals surface area (Å²) in [5.74, 6) is 0.428. The average molecular weight is 466 g/mol. The van der Waals surface area contributed by atoms with E-state index in [1.165, 1.54) is 0 Å². The van der Waals surface area contributed by atoms with Crippen LogP contribution in [0, 0.1) is 6.92 Å². The van der Waals surface area contributed by atoms with Gasteiger partial charge in [-0.05, 0) is 62.4 Å². The normalized spacial score (nSPS) is 18.4. The van der Waals surface area contributed by atoms with E-state index in [0.29, 0.717) is 43.7 Å². The molecule has 4 rings (SSSR count). The molecule has 1 N–H and O–H groups in total. The van der Waals surface area contributed by atoms with Crippen LogP contribution < -0.4 is 15.0 Å². The molecule has 2 aliphatic rings. The third kappa shape index (κ3) is 5.42. The lowest BCUT2D eigenvalue weighted by Crippen LogP contribution is -2.40. The van der Waals surface area contributed by atoms with Crippen molar-refractivity contribution in [3.05, 3.63) is 64.4 Å². The number of benzene rings is 1. The number of carbonyl (C=O) groups excluding carboxylic acids is 1. The standard InChI is InChI=1S/C27H35N3O4/c1-4-30(21-11-14-33-15-12-21)25-10-7-9-23-22(25)8-5-6-13-34-18-20-16-19(2)29-27(32-3)24(20)17-28-26(23)31/h5-7,9-10,16,21H,4,8,11-15,17-18H2,1-3H3,(H,28,31)/b6-5+. The third-order valence-corrected chi connectivity index (χ3v) is 6.56. The van der Waals surface area contributed by atoms with Crippen molar-refractivity contribution < 1.29 is 19.0 Å². The Morgan fingerprint density at radius 1 is 1.18 bits per heavy atom. The first-order valence-electron chi connectivity index (χ1n) is 12.1. The lowest BCUT2D eigenvalue weighted by atomic mass is 9.97. The Labute approximate surface area is 202 Å². The molecule has 0 bridgehead atoms. The number of hydrogen-bond donors (Lipinski definition) is 1. The molecule has 7 nitrogen and oxygen atoms in total. The molecule has 0 atom stereocenters. The van der Waals surface area contributed by atoms with Gasteiger partial charge in [0.05, 0.1) is 20.3 Å². The molecule has 1 amide bonds. The van der Waals surface area contributed by atoms with Crippen molar-refractivity contribution in [3.63, 3.8) is 0 Å². The minimum absolute atomic E-state index is 0.0953. The molecule has 34 heavy (non-hydrogen) atoms. The number of methoxy groups -OCH3 is 1. The summed E-state index contributed by atoms with van der Waals surface area (Å²) in [5.41, 5.74) is 5.54. The summed E-state index contributed by atoms with van der Waals surface area (Å²) in [6.07, 6.45) is 6.79. The summed E-state index contributed by atoms with van der Waals surface area (Å²) < 4.78 is 17.0. The van der Waals surface area contributed by atoms with Gasteiger partial charge in [0.15, 0.2) is 0 Å². The van der Waals surface area contributed by atoms with Crippen LogP contribution in [0.3, 0.4) is 0 Å². The van der Waals surface area contributed by atoms with E-state index in [9.17, 15) is 4.79 Å². The predicted molar refractivity (Wildman–Crippen MR) is 132 cm³/mol. The number of hydrogen-bond acceptors (Lipinski definition) is 6. The Hall–Kier alpha value is -2.90. The Morgan fingerprint density at radius 3 is 2.76 bits per heavy atom. The molecule has 2 aromatic rings. The fourth-order valence-corrected chi connectivity index (χ4v) is 4.89. The zero-order valence-electron chi connectivity index (χ0n) is 20.4. The zero-order chi connectivity index (χ0) is 23.9. The number of allylic oxidation sites excluding steroid dienone is 1. The monoisotopic (exact) mass is 465 g/mol. The quantitative estimate of drug-likeness (QED) is 0.689. The van der Waals surface area contributed by atoms with Crippen LogP contribution in [0.15, 0.2) is 36.4 Å². The highest BCUT2D eigenvalue weighted by atomic mass is 16.5. The van der Waals surface area contributed by atoms with Gasteiger partial charge in [0.2, 0.25) is 5.88 Å². The summed E-state index contributed by atoms with van der Waals surface area (Å²) in [4.78, 5) is 20.4. The van der Waals surface area contributed by atoms with E-state index in [-0.39, 0.29) is 5.91 Å². The minimum atomic E-state index is -0.0953. The highest BCUT2D eigenvalue weighted by Crippen LogP contribution is 2.30. The van der Waals surface area contributed by atoms with E-state index < -0.39 is 0 Å². The van der Waals surface area contributed by atoms with Crippen LogP contribution in [-0.4, -0.2) is 50.4 Å². The number of pyridine rings is 1. The molecule has 1 aromatic heterocycles.